The Labute approximate surface area is 102 Å². The summed E-state index contributed by atoms with van der Waals surface area (Å²) in [6, 6.07) is 2.30. The van der Waals surface area contributed by atoms with Gasteiger partial charge in [-0.25, -0.2) is 4.98 Å². The van der Waals surface area contributed by atoms with Gasteiger partial charge < -0.3 is 10.3 Å². The summed E-state index contributed by atoms with van der Waals surface area (Å²) in [6.07, 6.45) is 6.78. The Morgan fingerprint density at radius 3 is 3.00 bits per heavy atom. The maximum atomic E-state index is 5.77. The molecule has 2 aromatic heterocycles. The molecule has 2 aromatic rings. The SMILES string of the molecule is CCn1c(CCCC(C)N)nc2cnccc21. The van der Waals surface area contributed by atoms with Gasteiger partial charge >= 0.3 is 0 Å². The van der Waals surface area contributed by atoms with Crippen LogP contribution < -0.4 is 5.73 Å². The lowest BCUT2D eigenvalue weighted by atomic mass is 10.1. The van der Waals surface area contributed by atoms with Gasteiger partial charge in [0.15, 0.2) is 0 Å². The van der Waals surface area contributed by atoms with Crippen LogP contribution in [0.15, 0.2) is 18.5 Å². The zero-order valence-corrected chi connectivity index (χ0v) is 10.6. The van der Waals surface area contributed by atoms with Gasteiger partial charge in [-0.05, 0) is 32.8 Å². The standard InChI is InChI=1S/C13H20N4/c1-3-17-12-7-8-15-9-11(12)16-13(17)6-4-5-10(2)14/h7-10H,3-6,14H2,1-2H3. The summed E-state index contributed by atoms with van der Waals surface area (Å²) in [5.41, 5.74) is 7.93. The van der Waals surface area contributed by atoms with Crippen molar-refractivity contribution in [1.82, 2.24) is 14.5 Å². The molecule has 4 nitrogen and oxygen atoms in total. The molecule has 0 bridgehead atoms. The number of aromatic nitrogens is 3. The van der Waals surface area contributed by atoms with Gasteiger partial charge in [0.05, 0.1) is 11.7 Å². The van der Waals surface area contributed by atoms with Gasteiger partial charge in [0.25, 0.3) is 0 Å². The molecule has 0 fully saturated rings. The lowest BCUT2D eigenvalue weighted by molar-refractivity contribution is 0.598. The second-order valence-corrected chi connectivity index (χ2v) is 4.51. The van der Waals surface area contributed by atoms with Crippen molar-refractivity contribution in [3.63, 3.8) is 0 Å². The molecule has 2 N–H and O–H groups in total. The van der Waals surface area contributed by atoms with E-state index < -0.39 is 0 Å². The van der Waals surface area contributed by atoms with Crippen molar-refractivity contribution in [1.29, 1.82) is 0 Å². The summed E-state index contributed by atoms with van der Waals surface area (Å²) in [5.74, 6) is 1.15. The molecule has 2 rings (SSSR count). The van der Waals surface area contributed by atoms with Gasteiger partial charge in [0.2, 0.25) is 0 Å². The van der Waals surface area contributed by atoms with Crippen LogP contribution in [0.1, 0.15) is 32.5 Å². The Bertz CT molecular complexity index is 487. The number of pyridine rings is 1. The smallest absolute Gasteiger partial charge is 0.109 e. The predicted molar refractivity (Wildman–Crippen MR) is 69.8 cm³/mol. The lowest BCUT2D eigenvalue weighted by Gasteiger charge is -2.07. The van der Waals surface area contributed by atoms with Crippen LogP contribution in [-0.4, -0.2) is 20.6 Å². The number of fused-ring (bicyclic) bond motifs is 1. The number of hydrogen-bond acceptors (Lipinski definition) is 3. The molecule has 0 aromatic carbocycles. The predicted octanol–water partition coefficient (Wildman–Crippen LogP) is 2.12. The van der Waals surface area contributed by atoms with Crippen molar-refractivity contribution < 1.29 is 0 Å². The third kappa shape index (κ3) is 2.64. The van der Waals surface area contributed by atoms with E-state index in [0.29, 0.717) is 0 Å². The Hall–Kier alpha value is -1.42. The fourth-order valence-electron chi connectivity index (χ4n) is 2.16. The van der Waals surface area contributed by atoms with E-state index in [4.69, 9.17) is 5.73 Å². The highest BCUT2D eigenvalue weighted by Crippen LogP contribution is 2.16. The van der Waals surface area contributed by atoms with Crippen LogP contribution in [0.2, 0.25) is 0 Å². The van der Waals surface area contributed by atoms with Gasteiger partial charge in [0.1, 0.15) is 11.3 Å². The third-order valence-corrected chi connectivity index (χ3v) is 3.01. The summed E-state index contributed by atoms with van der Waals surface area (Å²) in [7, 11) is 0. The van der Waals surface area contributed by atoms with Gasteiger partial charge in [-0.2, -0.15) is 0 Å². The minimum Gasteiger partial charge on any atom is -0.328 e. The van der Waals surface area contributed by atoms with Crippen molar-refractivity contribution in [2.45, 2.75) is 45.7 Å². The molecule has 0 aliphatic carbocycles. The van der Waals surface area contributed by atoms with E-state index in [1.807, 2.05) is 25.4 Å². The molecule has 0 aliphatic heterocycles. The van der Waals surface area contributed by atoms with E-state index >= 15 is 0 Å². The second-order valence-electron chi connectivity index (χ2n) is 4.51. The molecule has 0 saturated carbocycles. The highest BCUT2D eigenvalue weighted by Gasteiger charge is 2.09. The number of aryl methyl sites for hydroxylation is 2. The van der Waals surface area contributed by atoms with Crippen molar-refractivity contribution in [2.75, 3.05) is 0 Å². The van der Waals surface area contributed by atoms with Crippen LogP contribution in [0.25, 0.3) is 11.0 Å². The van der Waals surface area contributed by atoms with E-state index in [2.05, 4.69) is 21.5 Å². The largest absolute Gasteiger partial charge is 0.328 e. The van der Waals surface area contributed by atoms with E-state index in [0.717, 1.165) is 37.1 Å². The quantitative estimate of drug-likeness (QED) is 0.859. The van der Waals surface area contributed by atoms with Crippen molar-refractivity contribution in [3.05, 3.63) is 24.3 Å². The summed E-state index contributed by atoms with van der Waals surface area (Å²) in [5, 5.41) is 0. The molecule has 2 heterocycles. The normalized spacial score (nSPS) is 13.1. The molecule has 1 atom stereocenters. The van der Waals surface area contributed by atoms with Crippen LogP contribution in [0.3, 0.4) is 0 Å². The number of imidazole rings is 1. The number of nitrogens with zero attached hydrogens (tertiary/aromatic N) is 3. The summed E-state index contributed by atoms with van der Waals surface area (Å²) in [6.45, 7) is 5.15. The fraction of sp³-hybridized carbons (Fsp3) is 0.538. The molecular weight excluding hydrogens is 212 g/mol. The van der Waals surface area contributed by atoms with Gasteiger partial charge in [-0.1, -0.05) is 0 Å². The minimum atomic E-state index is 0.274. The number of hydrogen-bond donors (Lipinski definition) is 1. The molecule has 0 radical (unpaired) electrons. The summed E-state index contributed by atoms with van der Waals surface area (Å²) in [4.78, 5) is 8.75. The second kappa shape index (κ2) is 5.27. The molecule has 4 heteroatoms. The van der Waals surface area contributed by atoms with E-state index in [-0.39, 0.29) is 6.04 Å². The first-order chi connectivity index (χ1) is 8.22. The van der Waals surface area contributed by atoms with Gasteiger partial charge in [0, 0.05) is 25.2 Å². The van der Waals surface area contributed by atoms with Crippen molar-refractivity contribution in [2.24, 2.45) is 5.73 Å². The highest BCUT2D eigenvalue weighted by atomic mass is 15.1. The molecule has 92 valence electrons. The molecule has 17 heavy (non-hydrogen) atoms. The number of rotatable bonds is 5. The summed E-state index contributed by atoms with van der Waals surface area (Å²) >= 11 is 0. The molecule has 0 aliphatic rings. The van der Waals surface area contributed by atoms with Crippen LogP contribution in [0, 0.1) is 0 Å². The zero-order valence-electron chi connectivity index (χ0n) is 10.6. The molecule has 0 saturated heterocycles. The van der Waals surface area contributed by atoms with Gasteiger partial charge in [-0.3, -0.25) is 4.98 Å². The first-order valence-corrected chi connectivity index (χ1v) is 6.27. The number of nitrogens with two attached hydrogens (primary N) is 1. The first kappa shape index (κ1) is 12.0. The zero-order chi connectivity index (χ0) is 12.3. The maximum Gasteiger partial charge on any atom is 0.109 e. The monoisotopic (exact) mass is 232 g/mol. The van der Waals surface area contributed by atoms with Crippen molar-refractivity contribution >= 4 is 11.0 Å². The van der Waals surface area contributed by atoms with E-state index in [1.165, 1.54) is 5.52 Å². The Kier molecular flexibility index (Phi) is 3.74. The topological polar surface area (TPSA) is 56.7 Å². The van der Waals surface area contributed by atoms with Gasteiger partial charge in [-0.15, -0.1) is 0 Å². The minimum absolute atomic E-state index is 0.274. The highest BCUT2D eigenvalue weighted by molar-refractivity contribution is 5.74. The Balaban J connectivity index is 2.21. The van der Waals surface area contributed by atoms with Crippen LogP contribution >= 0.6 is 0 Å². The molecule has 0 spiro atoms. The molecule has 0 amide bonds. The first-order valence-electron chi connectivity index (χ1n) is 6.27. The fourth-order valence-corrected chi connectivity index (χ4v) is 2.16. The van der Waals surface area contributed by atoms with Crippen LogP contribution in [0.4, 0.5) is 0 Å². The van der Waals surface area contributed by atoms with E-state index in [9.17, 15) is 0 Å². The van der Waals surface area contributed by atoms with Crippen molar-refractivity contribution in [3.8, 4) is 0 Å². The average Bonchev–Trinajstić information content (AvgIpc) is 2.66. The maximum absolute atomic E-state index is 5.77. The average molecular weight is 232 g/mol. The van der Waals surface area contributed by atoms with Crippen LogP contribution in [-0.2, 0) is 13.0 Å². The third-order valence-electron chi connectivity index (χ3n) is 3.01. The van der Waals surface area contributed by atoms with Crippen LogP contribution in [0.5, 0.6) is 0 Å². The Morgan fingerprint density at radius 1 is 1.47 bits per heavy atom. The summed E-state index contributed by atoms with van der Waals surface area (Å²) < 4.78 is 2.26. The lowest BCUT2D eigenvalue weighted by Crippen LogP contribution is -2.15. The Morgan fingerprint density at radius 2 is 2.29 bits per heavy atom. The van der Waals surface area contributed by atoms with E-state index in [1.54, 1.807) is 0 Å². The molecular formula is C13H20N4. The molecule has 1 unspecified atom stereocenters.